The molecule has 0 spiro atoms. The van der Waals surface area contributed by atoms with Gasteiger partial charge in [0.2, 0.25) is 0 Å². The van der Waals surface area contributed by atoms with E-state index in [9.17, 15) is 13.2 Å². The topological polar surface area (TPSA) is 60.4 Å². The second-order valence-electron chi connectivity index (χ2n) is 6.14. The van der Waals surface area contributed by atoms with Gasteiger partial charge in [-0.2, -0.15) is 8.42 Å². The lowest BCUT2D eigenvalue weighted by atomic mass is 9.98. The first-order chi connectivity index (χ1) is 10.1. The van der Waals surface area contributed by atoms with E-state index in [1.165, 1.54) is 12.8 Å². The summed E-state index contributed by atoms with van der Waals surface area (Å²) in [5.41, 5.74) is 0. The fourth-order valence-electron chi connectivity index (χ4n) is 3.08. The summed E-state index contributed by atoms with van der Waals surface area (Å²) < 4.78 is 28.9. The quantitative estimate of drug-likeness (QED) is 0.480. The van der Waals surface area contributed by atoms with E-state index >= 15 is 0 Å². The summed E-state index contributed by atoms with van der Waals surface area (Å²) >= 11 is -0.355. The van der Waals surface area contributed by atoms with Crippen molar-refractivity contribution in [1.29, 1.82) is 0 Å². The number of unbranched alkanes of at least 4 members (excludes halogenated alkanes) is 2. The van der Waals surface area contributed by atoms with Crippen LogP contribution >= 0.6 is 0 Å². The van der Waals surface area contributed by atoms with Gasteiger partial charge in [-0.15, -0.1) is 0 Å². The Kier molecular flexibility index (Phi) is 7.02. The minimum atomic E-state index is -3.35. The Morgan fingerprint density at radius 3 is 2.33 bits per heavy atom. The van der Waals surface area contributed by atoms with Gasteiger partial charge in [0.25, 0.3) is 0 Å². The van der Waals surface area contributed by atoms with Gasteiger partial charge in [0.15, 0.2) is 11.2 Å². The van der Waals surface area contributed by atoms with Crippen LogP contribution in [-0.2, 0) is 29.7 Å². The van der Waals surface area contributed by atoms with E-state index in [1.54, 1.807) is 0 Å². The van der Waals surface area contributed by atoms with Gasteiger partial charge in [-0.1, -0.05) is 19.3 Å². The number of Topliss-reactive ketones (excluding diaryl/α,β-unsaturated/α-hetero) is 1. The maximum Gasteiger partial charge on any atom is 0.311 e. The minimum Gasteiger partial charge on any atom is -0.299 e. The molecule has 1 aliphatic heterocycles. The van der Waals surface area contributed by atoms with Crippen LogP contribution in [0.4, 0.5) is 0 Å². The normalized spacial score (nSPS) is 21.1. The van der Waals surface area contributed by atoms with Crippen LogP contribution in [0.1, 0.15) is 64.2 Å². The van der Waals surface area contributed by atoms with Crippen LogP contribution in [0.5, 0.6) is 0 Å². The molecule has 0 aromatic heterocycles. The van der Waals surface area contributed by atoms with Gasteiger partial charge in [-0.3, -0.25) is 4.79 Å². The summed E-state index contributed by atoms with van der Waals surface area (Å²) in [6, 6.07) is 0. The molecule has 0 N–H and O–H groups in total. The predicted octanol–water partition coefficient (Wildman–Crippen LogP) is 2.98. The highest BCUT2D eigenvalue weighted by Crippen LogP contribution is 2.27. The zero-order valence-electron chi connectivity index (χ0n) is 12.7. The maximum absolute atomic E-state index is 11.9. The average molecular weight is 336 g/mol. The average Bonchev–Trinajstić information content (AvgIpc) is 3.09. The number of ketones is 1. The van der Waals surface area contributed by atoms with Gasteiger partial charge in [-0.25, -0.2) is 0 Å². The third-order valence-electron chi connectivity index (χ3n) is 4.32. The second-order valence-corrected chi connectivity index (χ2v) is 9.91. The SMILES string of the molecule is O=C(CCCCCS(=O)(=O)O[S+]1CCCC1)C1CCCC1. The number of hydrogen-bond acceptors (Lipinski definition) is 4. The van der Waals surface area contributed by atoms with Gasteiger partial charge < -0.3 is 0 Å². The van der Waals surface area contributed by atoms with Crippen LogP contribution < -0.4 is 0 Å². The first-order valence-corrected chi connectivity index (χ1v) is 11.3. The molecular formula is C15H27O4S2+. The standard InChI is InChI=1S/C15H27O4S2/c16-15(14-8-3-4-9-14)10-2-1-7-13-21(17,18)19-20-11-5-6-12-20/h14H,1-13H2/q+1. The molecule has 1 saturated heterocycles. The summed E-state index contributed by atoms with van der Waals surface area (Å²) in [5, 5.41) is 0. The molecule has 4 nitrogen and oxygen atoms in total. The summed E-state index contributed by atoms with van der Waals surface area (Å²) in [5.74, 6) is 2.58. The van der Waals surface area contributed by atoms with Gasteiger partial charge in [0.05, 0.1) is 5.75 Å². The molecule has 0 amide bonds. The summed E-state index contributed by atoms with van der Waals surface area (Å²) in [7, 11) is -3.35. The van der Waals surface area contributed by atoms with Crippen molar-refractivity contribution >= 4 is 27.1 Å². The van der Waals surface area contributed by atoms with E-state index in [4.69, 9.17) is 3.63 Å². The van der Waals surface area contributed by atoms with E-state index in [2.05, 4.69) is 0 Å². The summed E-state index contributed by atoms with van der Waals surface area (Å²) in [4.78, 5) is 11.9. The Morgan fingerprint density at radius 1 is 1.00 bits per heavy atom. The first-order valence-electron chi connectivity index (χ1n) is 8.20. The van der Waals surface area contributed by atoms with Crippen LogP contribution in [0.25, 0.3) is 0 Å². The minimum absolute atomic E-state index is 0.105. The maximum atomic E-state index is 11.9. The van der Waals surface area contributed by atoms with Gasteiger partial charge >= 0.3 is 10.1 Å². The molecule has 0 aromatic carbocycles. The van der Waals surface area contributed by atoms with Crippen LogP contribution in [0.15, 0.2) is 0 Å². The summed E-state index contributed by atoms with van der Waals surface area (Å²) in [6.45, 7) is 0. The molecule has 0 bridgehead atoms. The molecule has 0 aromatic rings. The first kappa shape index (κ1) is 17.3. The molecule has 0 unspecified atom stereocenters. The van der Waals surface area contributed by atoms with Gasteiger partial charge in [0, 0.05) is 12.3 Å². The Bertz CT molecular complexity index is 421. The van der Waals surface area contributed by atoms with E-state index in [1.807, 2.05) is 0 Å². The lowest BCUT2D eigenvalue weighted by Gasteiger charge is -2.07. The molecule has 2 fully saturated rings. The van der Waals surface area contributed by atoms with Crippen molar-refractivity contribution in [2.75, 3.05) is 17.3 Å². The second kappa shape index (κ2) is 8.53. The fraction of sp³-hybridized carbons (Fsp3) is 0.933. The van der Waals surface area contributed by atoms with Crippen molar-refractivity contribution in [2.45, 2.75) is 64.2 Å². The smallest absolute Gasteiger partial charge is 0.299 e. The zero-order chi connectivity index (χ0) is 15.1. The van der Waals surface area contributed by atoms with Crippen LogP contribution in [0.2, 0.25) is 0 Å². The molecule has 1 saturated carbocycles. The Hall–Kier alpha value is -0.0700. The molecular weight excluding hydrogens is 308 g/mol. The van der Waals surface area contributed by atoms with E-state index in [0.717, 1.165) is 50.0 Å². The van der Waals surface area contributed by atoms with Crippen molar-refractivity contribution in [3.63, 3.8) is 0 Å². The molecule has 122 valence electrons. The van der Waals surface area contributed by atoms with Crippen LogP contribution in [-0.4, -0.2) is 31.5 Å². The van der Waals surface area contributed by atoms with E-state index in [-0.39, 0.29) is 16.9 Å². The third-order valence-corrected chi connectivity index (χ3v) is 8.20. The molecule has 1 aliphatic carbocycles. The van der Waals surface area contributed by atoms with Crippen molar-refractivity contribution < 1.29 is 16.8 Å². The Labute approximate surface area is 131 Å². The van der Waals surface area contributed by atoms with Crippen molar-refractivity contribution in [3.05, 3.63) is 0 Å². The van der Waals surface area contributed by atoms with Crippen molar-refractivity contribution in [3.8, 4) is 0 Å². The third kappa shape index (κ3) is 6.28. The number of carbonyl (C=O) groups is 1. The Balaban J connectivity index is 1.55. The van der Waals surface area contributed by atoms with Crippen LogP contribution in [0, 0.1) is 5.92 Å². The highest BCUT2D eigenvalue weighted by molar-refractivity contribution is 8.02. The number of hydrogen-bond donors (Lipinski definition) is 0. The van der Waals surface area contributed by atoms with Crippen LogP contribution in [0.3, 0.4) is 0 Å². The zero-order valence-corrected chi connectivity index (χ0v) is 14.4. The molecule has 2 aliphatic rings. The molecule has 0 atom stereocenters. The predicted molar refractivity (Wildman–Crippen MR) is 86.6 cm³/mol. The van der Waals surface area contributed by atoms with E-state index < -0.39 is 10.1 Å². The van der Waals surface area contributed by atoms with Crippen molar-refractivity contribution in [1.82, 2.24) is 0 Å². The monoisotopic (exact) mass is 335 g/mol. The highest BCUT2D eigenvalue weighted by Gasteiger charge is 2.32. The Morgan fingerprint density at radius 2 is 1.67 bits per heavy atom. The molecule has 0 radical (unpaired) electrons. The summed E-state index contributed by atoms with van der Waals surface area (Å²) in [6.07, 6.45) is 9.51. The van der Waals surface area contributed by atoms with Gasteiger partial charge in [-0.05, 0) is 42.2 Å². The largest absolute Gasteiger partial charge is 0.311 e. The lowest BCUT2D eigenvalue weighted by molar-refractivity contribution is -0.122. The number of carbonyl (C=O) groups excluding carboxylic acids is 1. The fourth-order valence-corrected chi connectivity index (χ4v) is 6.89. The molecule has 1 heterocycles. The molecule has 6 heteroatoms. The molecule has 21 heavy (non-hydrogen) atoms. The molecule has 2 rings (SSSR count). The van der Waals surface area contributed by atoms with E-state index in [0.29, 0.717) is 24.5 Å². The van der Waals surface area contributed by atoms with Gasteiger partial charge in [0.1, 0.15) is 17.3 Å². The van der Waals surface area contributed by atoms with Crippen molar-refractivity contribution in [2.24, 2.45) is 5.92 Å². The lowest BCUT2D eigenvalue weighted by Crippen LogP contribution is -2.18. The number of rotatable bonds is 9. The highest BCUT2D eigenvalue weighted by atomic mass is 32.3.